The van der Waals surface area contributed by atoms with Crippen molar-refractivity contribution < 1.29 is 22.9 Å². The van der Waals surface area contributed by atoms with Gasteiger partial charge in [0, 0.05) is 26.1 Å². The number of nitro groups is 1. The maximum absolute atomic E-state index is 12.2. The minimum Gasteiger partial charge on any atom is -0.492 e. The number of hydrogen-bond acceptors (Lipinski definition) is 7. The van der Waals surface area contributed by atoms with Gasteiger partial charge in [0.05, 0.1) is 16.4 Å². The molecule has 0 spiro atoms. The van der Waals surface area contributed by atoms with Gasteiger partial charge in [0.2, 0.25) is 15.9 Å². The number of carbonyl (C=O) groups is 1. The van der Waals surface area contributed by atoms with Crippen molar-refractivity contribution in [1.82, 2.24) is 4.90 Å². The van der Waals surface area contributed by atoms with Gasteiger partial charge < -0.3 is 15.0 Å². The van der Waals surface area contributed by atoms with Crippen molar-refractivity contribution in [2.45, 2.75) is 18.2 Å². The van der Waals surface area contributed by atoms with E-state index in [0.29, 0.717) is 13.2 Å². The lowest BCUT2D eigenvalue weighted by Gasteiger charge is -2.18. The molecule has 2 aromatic carbocycles. The van der Waals surface area contributed by atoms with Crippen LogP contribution in [0.3, 0.4) is 0 Å². The molecule has 1 amide bonds. The average Bonchev–Trinajstić information content (AvgIpc) is 2.68. The number of rotatable bonds is 10. The van der Waals surface area contributed by atoms with Crippen molar-refractivity contribution in [3.63, 3.8) is 0 Å². The second kappa shape index (κ2) is 10.0. The lowest BCUT2D eigenvalue weighted by molar-refractivity contribution is -0.384. The number of carbonyl (C=O) groups excluding carboxylic acids is 1. The van der Waals surface area contributed by atoms with E-state index >= 15 is 0 Å². The third-order valence-corrected chi connectivity index (χ3v) is 5.20. The van der Waals surface area contributed by atoms with Crippen LogP contribution in [0, 0.1) is 17.0 Å². The maximum Gasteiger partial charge on any atom is 0.293 e. The molecule has 0 saturated heterocycles. The number of nitrogens with zero attached hydrogens (tertiary/aromatic N) is 2. The molecule has 0 unspecified atom stereocenters. The normalized spacial score (nSPS) is 11.0. The van der Waals surface area contributed by atoms with Gasteiger partial charge in [0.1, 0.15) is 18.0 Å². The predicted molar refractivity (Wildman–Crippen MR) is 112 cm³/mol. The van der Waals surface area contributed by atoms with E-state index in [4.69, 9.17) is 9.88 Å². The first-order valence-electron chi connectivity index (χ1n) is 9.06. The number of nitrogens with one attached hydrogen (secondary N) is 1. The molecule has 0 fully saturated rings. The van der Waals surface area contributed by atoms with E-state index < -0.39 is 20.6 Å². The number of aryl methyl sites for hydroxylation is 1. The molecule has 0 aromatic heterocycles. The van der Waals surface area contributed by atoms with Crippen LogP contribution in [0.25, 0.3) is 0 Å². The quantitative estimate of drug-likeness (QED) is 0.427. The summed E-state index contributed by atoms with van der Waals surface area (Å²) in [5.41, 5.74) is 0.793. The van der Waals surface area contributed by atoms with Gasteiger partial charge >= 0.3 is 0 Å². The fourth-order valence-electron chi connectivity index (χ4n) is 2.54. The van der Waals surface area contributed by atoms with Gasteiger partial charge in [-0.1, -0.05) is 17.7 Å². The van der Waals surface area contributed by atoms with E-state index in [-0.39, 0.29) is 29.5 Å². The minimum absolute atomic E-state index is 0.0924. The highest BCUT2D eigenvalue weighted by atomic mass is 32.2. The van der Waals surface area contributed by atoms with E-state index in [1.807, 2.05) is 31.2 Å². The number of anilines is 1. The monoisotopic (exact) mass is 436 g/mol. The molecule has 162 valence electrons. The van der Waals surface area contributed by atoms with Crippen molar-refractivity contribution in [3.05, 3.63) is 58.1 Å². The van der Waals surface area contributed by atoms with E-state index in [0.717, 1.165) is 17.4 Å². The first-order valence-corrected chi connectivity index (χ1v) is 10.6. The molecule has 30 heavy (non-hydrogen) atoms. The van der Waals surface area contributed by atoms with Gasteiger partial charge in [-0.05, 0) is 31.2 Å². The van der Waals surface area contributed by atoms with Crippen molar-refractivity contribution >= 4 is 27.3 Å². The van der Waals surface area contributed by atoms with Crippen LogP contribution in [-0.2, 0) is 14.8 Å². The molecule has 0 heterocycles. The van der Waals surface area contributed by atoms with E-state index in [1.54, 1.807) is 7.05 Å². The molecule has 0 radical (unpaired) electrons. The third-order valence-electron chi connectivity index (χ3n) is 4.29. The van der Waals surface area contributed by atoms with Gasteiger partial charge in [0.15, 0.2) is 0 Å². The fourth-order valence-corrected chi connectivity index (χ4v) is 3.08. The SMILES string of the molecule is Cc1ccc(OCCN(C)C(=O)CCNc2ccc(S(N)(=O)=O)cc2[N+](=O)[O-])cc1. The van der Waals surface area contributed by atoms with Gasteiger partial charge in [-0.2, -0.15) is 0 Å². The van der Waals surface area contributed by atoms with Crippen LogP contribution in [0.15, 0.2) is 47.4 Å². The molecule has 11 heteroatoms. The summed E-state index contributed by atoms with van der Waals surface area (Å²) in [6.45, 7) is 2.83. The van der Waals surface area contributed by atoms with Crippen molar-refractivity contribution in [2.75, 3.05) is 32.1 Å². The number of nitro benzene ring substituents is 1. The maximum atomic E-state index is 12.2. The van der Waals surface area contributed by atoms with Gasteiger partial charge in [-0.15, -0.1) is 0 Å². The summed E-state index contributed by atoms with van der Waals surface area (Å²) < 4.78 is 28.3. The number of ether oxygens (including phenoxy) is 1. The predicted octanol–water partition coefficient (Wildman–Crippen LogP) is 1.89. The second-order valence-corrected chi connectivity index (χ2v) is 8.20. The number of amides is 1. The van der Waals surface area contributed by atoms with Crippen LogP contribution in [0.5, 0.6) is 5.75 Å². The Hall–Kier alpha value is -3.18. The van der Waals surface area contributed by atoms with Crippen LogP contribution >= 0.6 is 0 Å². The molecular formula is C19H24N4O6S. The number of benzene rings is 2. The lowest BCUT2D eigenvalue weighted by atomic mass is 10.2. The number of likely N-dealkylation sites (N-methyl/N-ethyl adjacent to an activating group) is 1. The van der Waals surface area contributed by atoms with E-state index in [1.165, 1.54) is 17.0 Å². The number of sulfonamides is 1. The standard InChI is InChI=1S/C19H24N4O6S/c1-14-3-5-15(6-4-14)29-12-11-22(2)19(24)9-10-21-17-8-7-16(30(20,27)28)13-18(17)23(25)26/h3-8,13,21H,9-12H2,1-2H3,(H2,20,27,28). The number of primary sulfonamides is 1. The zero-order chi connectivity index (χ0) is 22.3. The third kappa shape index (κ3) is 6.71. The zero-order valence-electron chi connectivity index (χ0n) is 16.7. The molecule has 0 aliphatic carbocycles. The highest BCUT2D eigenvalue weighted by Crippen LogP contribution is 2.27. The molecule has 2 rings (SSSR count). The molecule has 3 N–H and O–H groups in total. The van der Waals surface area contributed by atoms with Gasteiger partial charge in [-0.25, -0.2) is 13.6 Å². The fraction of sp³-hybridized carbons (Fsp3) is 0.316. The summed E-state index contributed by atoms with van der Waals surface area (Å²) in [6.07, 6.45) is 0.0924. The Labute approximate surface area is 174 Å². The summed E-state index contributed by atoms with van der Waals surface area (Å²) in [5, 5.41) is 19.0. The molecule has 0 aliphatic heterocycles. The van der Waals surface area contributed by atoms with Crippen molar-refractivity contribution in [2.24, 2.45) is 5.14 Å². The van der Waals surface area contributed by atoms with Crippen LogP contribution < -0.4 is 15.2 Å². The van der Waals surface area contributed by atoms with E-state index in [9.17, 15) is 23.3 Å². The average molecular weight is 436 g/mol. The second-order valence-electron chi connectivity index (χ2n) is 6.63. The van der Waals surface area contributed by atoms with Gasteiger partial charge in [-0.3, -0.25) is 14.9 Å². The molecule has 0 saturated carbocycles. The molecular weight excluding hydrogens is 412 g/mol. The summed E-state index contributed by atoms with van der Waals surface area (Å²) in [4.78, 5) is 23.9. The first kappa shape index (κ1) is 23.1. The molecule has 0 atom stereocenters. The van der Waals surface area contributed by atoms with Crippen molar-refractivity contribution in [1.29, 1.82) is 0 Å². The Kier molecular flexibility index (Phi) is 7.72. The van der Waals surface area contributed by atoms with Crippen LogP contribution in [0.4, 0.5) is 11.4 Å². The minimum atomic E-state index is -4.06. The molecule has 10 nitrogen and oxygen atoms in total. The Morgan fingerprint density at radius 1 is 1.23 bits per heavy atom. The number of nitrogens with two attached hydrogens (primary N) is 1. The summed E-state index contributed by atoms with van der Waals surface area (Å²) in [6, 6.07) is 10.9. The highest BCUT2D eigenvalue weighted by molar-refractivity contribution is 7.89. The largest absolute Gasteiger partial charge is 0.492 e. The van der Waals surface area contributed by atoms with E-state index in [2.05, 4.69) is 5.32 Å². The Balaban J connectivity index is 1.84. The van der Waals surface area contributed by atoms with Crippen LogP contribution in [0.2, 0.25) is 0 Å². The Morgan fingerprint density at radius 2 is 1.90 bits per heavy atom. The van der Waals surface area contributed by atoms with Crippen LogP contribution in [0.1, 0.15) is 12.0 Å². The summed E-state index contributed by atoms with van der Waals surface area (Å²) >= 11 is 0. The zero-order valence-corrected chi connectivity index (χ0v) is 17.5. The summed E-state index contributed by atoms with van der Waals surface area (Å²) in [7, 11) is -2.41. The Bertz CT molecular complexity index is 1010. The molecule has 0 bridgehead atoms. The summed E-state index contributed by atoms with van der Waals surface area (Å²) in [5.74, 6) is 0.553. The molecule has 0 aliphatic rings. The smallest absolute Gasteiger partial charge is 0.293 e. The number of hydrogen-bond donors (Lipinski definition) is 2. The highest BCUT2D eigenvalue weighted by Gasteiger charge is 2.19. The lowest BCUT2D eigenvalue weighted by Crippen LogP contribution is -2.32. The van der Waals surface area contributed by atoms with Crippen molar-refractivity contribution in [3.8, 4) is 5.75 Å². The van der Waals surface area contributed by atoms with Gasteiger partial charge in [0.25, 0.3) is 5.69 Å². The topological polar surface area (TPSA) is 145 Å². The molecule has 2 aromatic rings. The van der Waals surface area contributed by atoms with Crippen LogP contribution in [-0.4, -0.2) is 50.9 Å². The first-order chi connectivity index (χ1) is 14.1. The Morgan fingerprint density at radius 3 is 2.50 bits per heavy atom.